The van der Waals surface area contributed by atoms with Gasteiger partial charge in [-0.25, -0.2) is 17.8 Å². The molecular weight excluding hydrogens is 409 g/mol. The van der Waals surface area contributed by atoms with Crippen LogP contribution in [0.25, 0.3) is 0 Å². The van der Waals surface area contributed by atoms with Gasteiger partial charge in [0, 0.05) is 38.0 Å². The first-order chi connectivity index (χ1) is 13.9. The molecule has 8 heteroatoms. The highest BCUT2D eigenvalue weighted by Gasteiger charge is 2.29. The van der Waals surface area contributed by atoms with Gasteiger partial charge in [-0.1, -0.05) is 24.3 Å². The molecule has 0 unspecified atom stereocenters. The average Bonchev–Trinajstić information content (AvgIpc) is 3.19. The number of halogens is 1. The summed E-state index contributed by atoms with van der Waals surface area (Å²) in [5.41, 5.74) is 3.54. The fraction of sp³-hybridized carbons (Fsp3) is 0.286. The lowest BCUT2D eigenvalue weighted by atomic mass is 10.1. The van der Waals surface area contributed by atoms with E-state index in [0.717, 1.165) is 17.2 Å². The molecular formula is C21H22FN3O2S2. The number of hydrogen-bond donors (Lipinski definition) is 0. The Bertz CT molecular complexity index is 1090. The molecule has 0 radical (unpaired) electrons. The minimum absolute atomic E-state index is 0.127. The van der Waals surface area contributed by atoms with Crippen molar-refractivity contribution < 1.29 is 12.8 Å². The number of benzene rings is 2. The van der Waals surface area contributed by atoms with Gasteiger partial charge in [-0.3, -0.25) is 0 Å². The topological polar surface area (TPSA) is 53.5 Å². The number of rotatable bonds is 5. The molecule has 0 bridgehead atoms. The Morgan fingerprint density at radius 1 is 1.03 bits per heavy atom. The van der Waals surface area contributed by atoms with Crippen LogP contribution in [-0.2, 0) is 16.4 Å². The van der Waals surface area contributed by atoms with Crippen molar-refractivity contribution in [2.24, 2.45) is 0 Å². The van der Waals surface area contributed by atoms with E-state index in [1.165, 1.54) is 39.7 Å². The quantitative estimate of drug-likeness (QED) is 0.618. The lowest BCUT2D eigenvalue weighted by molar-refractivity contribution is 0.384. The summed E-state index contributed by atoms with van der Waals surface area (Å²) in [6.07, 6.45) is 0.794. The summed E-state index contributed by atoms with van der Waals surface area (Å²) in [5.74, 6) is -0.445. The maximum Gasteiger partial charge on any atom is 0.243 e. The highest BCUT2D eigenvalue weighted by atomic mass is 32.2. The molecule has 2 aromatic carbocycles. The van der Waals surface area contributed by atoms with Crippen molar-refractivity contribution in [2.75, 3.05) is 31.1 Å². The van der Waals surface area contributed by atoms with Crippen LogP contribution in [0.3, 0.4) is 0 Å². The van der Waals surface area contributed by atoms with Crippen LogP contribution in [0.4, 0.5) is 9.52 Å². The van der Waals surface area contributed by atoms with Gasteiger partial charge in [0.05, 0.1) is 10.6 Å². The lowest BCUT2D eigenvalue weighted by Gasteiger charge is -2.33. The summed E-state index contributed by atoms with van der Waals surface area (Å²) in [5, 5.41) is 3.00. The van der Waals surface area contributed by atoms with E-state index in [0.29, 0.717) is 26.2 Å². The number of sulfonamides is 1. The van der Waals surface area contributed by atoms with Gasteiger partial charge in [0.25, 0.3) is 0 Å². The Balaban J connectivity index is 1.40. The minimum atomic E-state index is -3.60. The van der Waals surface area contributed by atoms with Crippen LogP contribution in [0.2, 0.25) is 0 Å². The first kappa shape index (κ1) is 20.0. The van der Waals surface area contributed by atoms with Crippen LogP contribution in [0, 0.1) is 12.7 Å². The maximum absolute atomic E-state index is 13.1. The third-order valence-corrected chi connectivity index (χ3v) is 8.00. The van der Waals surface area contributed by atoms with Crippen molar-refractivity contribution in [2.45, 2.75) is 18.2 Å². The van der Waals surface area contributed by atoms with Gasteiger partial charge in [-0.15, -0.1) is 11.3 Å². The van der Waals surface area contributed by atoms with E-state index < -0.39 is 15.8 Å². The molecule has 0 aliphatic carbocycles. The number of nitrogens with zero attached hydrogens (tertiary/aromatic N) is 3. The predicted octanol–water partition coefficient (Wildman–Crippen LogP) is 3.69. The lowest BCUT2D eigenvalue weighted by Crippen LogP contribution is -2.48. The highest BCUT2D eigenvalue weighted by Crippen LogP contribution is 2.25. The summed E-state index contributed by atoms with van der Waals surface area (Å²) in [7, 11) is -3.60. The smallest absolute Gasteiger partial charge is 0.243 e. The van der Waals surface area contributed by atoms with E-state index in [4.69, 9.17) is 4.98 Å². The van der Waals surface area contributed by atoms with E-state index in [1.54, 1.807) is 11.3 Å². The molecule has 0 amide bonds. The molecule has 3 aromatic rings. The van der Waals surface area contributed by atoms with Crippen molar-refractivity contribution in [3.8, 4) is 0 Å². The molecule has 1 aliphatic heterocycles. The molecule has 0 atom stereocenters. The van der Waals surface area contributed by atoms with Crippen molar-refractivity contribution in [1.82, 2.24) is 9.29 Å². The SMILES string of the molecule is Cc1ccccc1Cc1csc(N2CCN(S(=O)(=O)c3ccc(F)cc3)CC2)n1. The second-order valence-electron chi connectivity index (χ2n) is 7.07. The molecule has 0 N–H and O–H groups in total. The predicted molar refractivity (Wildman–Crippen MR) is 113 cm³/mol. The molecule has 2 heterocycles. The monoisotopic (exact) mass is 431 g/mol. The molecule has 29 heavy (non-hydrogen) atoms. The number of piperazine rings is 1. The van der Waals surface area contributed by atoms with Gasteiger partial charge in [-0.05, 0) is 42.3 Å². The summed E-state index contributed by atoms with van der Waals surface area (Å²) in [6.45, 7) is 4.03. The van der Waals surface area contributed by atoms with Gasteiger partial charge in [0.15, 0.2) is 5.13 Å². The van der Waals surface area contributed by atoms with E-state index in [-0.39, 0.29) is 4.90 Å². The first-order valence-corrected chi connectivity index (χ1v) is 11.7. The van der Waals surface area contributed by atoms with Gasteiger partial charge < -0.3 is 4.90 Å². The number of aryl methyl sites for hydroxylation is 1. The number of anilines is 1. The fourth-order valence-electron chi connectivity index (χ4n) is 3.40. The van der Waals surface area contributed by atoms with Crippen molar-refractivity contribution in [1.29, 1.82) is 0 Å². The van der Waals surface area contributed by atoms with Crippen LogP contribution in [-0.4, -0.2) is 43.9 Å². The summed E-state index contributed by atoms with van der Waals surface area (Å²) in [4.78, 5) is 7.01. The second kappa shape index (κ2) is 8.22. The minimum Gasteiger partial charge on any atom is -0.345 e. The standard InChI is InChI=1S/C21H22FN3O2S2/c1-16-4-2-3-5-17(16)14-19-15-28-21(23-19)24-10-12-25(13-11-24)29(26,27)20-8-6-18(22)7-9-20/h2-9,15H,10-14H2,1H3. The Hall–Kier alpha value is -2.29. The molecule has 1 aliphatic rings. The van der Waals surface area contributed by atoms with Gasteiger partial charge in [0.2, 0.25) is 10.0 Å². The Morgan fingerprint density at radius 3 is 2.41 bits per heavy atom. The normalized spacial score (nSPS) is 15.6. The Morgan fingerprint density at radius 2 is 1.72 bits per heavy atom. The van der Waals surface area contributed by atoms with Crippen molar-refractivity contribution >= 4 is 26.5 Å². The van der Waals surface area contributed by atoms with Crippen molar-refractivity contribution in [3.05, 3.63) is 76.5 Å². The van der Waals surface area contributed by atoms with Gasteiger partial charge in [0.1, 0.15) is 5.82 Å². The highest BCUT2D eigenvalue weighted by molar-refractivity contribution is 7.89. The zero-order chi connectivity index (χ0) is 20.4. The molecule has 0 spiro atoms. The molecule has 1 aromatic heterocycles. The molecule has 152 valence electrons. The van der Waals surface area contributed by atoms with E-state index >= 15 is 0 Å². The molecule has 4 rings (SSSR count). The number of thiazole rings is 1. The first-order valence-electron chi connectivity index (χ1n) is 9.43. The molecule has 1 saturated heterocycles. The van der Waals surface area contributed by atoms with Crippen molar-refractivity contribution in [3.63, 3.8) is 0 Å². The van der Waals surface area contributed by atoms with E-state index in [2.05, 4.69) is 29.3 Å². The van der Waals surface area contributed by atoms with Crippen LogP contribution >= 0.6 is 11.3 Å². The number of hydrogen-bond acceptors (Lipinski definition) is 5. The third kappa shape index (κ3) is 4.34. The van der Waals surface area contributed by atoms with E-state index in [1.807, 2.05) is 12.1 Å². The third-order valence-electron chi connectivity index (χ3n) is 5.13. The zero-order valence-corrected chi connectivity index (χ0v) is 17.7. The molecule has 5 nitrogen and oxygen atoms in total. The second-order valence-corrected chi connectivity index (χ2v) is 9.84. The summed E-state index contributed by atoms with van der Waals surface area (Å²) < 4.78 is 40.1. The summed E-state index contributed by atoms with van der Waals surface area (Å²) >= 11 is 1.59. The van der Waals surface area contributed by atoms with Crippen LogP contribution in [0.1, 0.15) is 16.8 Å². The van der Waals surface area contributed by atoms with E-state index in [9.17, 15) is 12.8 Å². The Kier molecular flexibility index (Phi) is 5.67. The largest absolute Gasteiger partial charge is 0.345 e. The molecule has 1 fully saturated rings. The Labute approximate surface area is 174 Å². The fourth-order valence-corrected chi connectivity index (χ4v) is 5.70. The maximum atomic E-state index is 13.1. The summed E-state index contributed by atoms with van der Waals surface area (Å²) in [6, 6.07) is 13.3. The van der Waals surface area contributed by atoms with Gasteiger partial charge in [-0.2, -0.15) is 4.31 Å². The van der Waals surface area contributed by atoms with Crippen LogP contribution in [0.15, 0.2) is 58.8 Å². The average molecular weight is 432 g/mol. The van der Waals surface area contributed by atoms with Crippen LogP contribution < -0.4 is 4.90 Å². The number of aromatic nitrogens is 1. The van der Waals surface area contributed by atoms with Crippen LogP contribution in [0.5, 0.6) is 0 Å². The molecule has 0 saturated carbocycles. The zero-order valence-electron chi connectivity index (χ0n) is 16.1. The van der Waals surface area contributed by atoms with Gasteiger partial charge >= 0.3 is 0 Å².